The molecule has 20 heavy (non-hydrogen) atoms. The van der Waals surface area contributed by atoms with Gasteiger partial charge >= 0.3 is 5.97 Å². The predicted octanol–water partition coefficient (Wildman–Crippen LogP) is 1.63. The Morgan fingerprint density at radius 2 is 2.00 bits per heavy atom. The molecular formula is C14H27NO4S. The third-order valence-electron chi connectivity index (χ3n) is 4.32. The Bertz CT molecular complexity index is 421. The van der Waals surface area contributed by atoms with Crippen molar-refractivity contribution in [2.24, 2.45) is 11.8 Å². The first kappa shape index (κ1) is 17.4. The molecule has 1 rings (SSSR count). The van der Waals surface area contributed by atoms with Gasteiger partial charge in [0, 0.05) is 18.8 Å². The minimum atomic E-state index is -3.01. The number of carbonyl (C=O) groups is 1. The lowest BCUT2D eigenvalue weighted by Gasteiger charge is -2.39. The van der Waals surface area contributed by atoms with Crippen LogP contribution < -0.4 is 0 Å². The van der Waals surface area contributed by atoms with Crippen LogP contribution in [0.4, 0.5) is 0 Å². The standard InChI is InChI=1S/C14H27NO4S/c1-4-5-11-6-7-12(14(16)17)13(10-11)15(2)8-9-20(3,18)19/h11-13H,4-10H2,1-3H3,(H,16,17). The fourth-order valence-corrected chi connectivity index (χ4v) is 3.77. The Balaban J connectivity index is 2.70. The van der Waals surface area contributed by atoms with E-state index in [1.54, 1.807) is 0 Å². The quantitative estimate of drug-likeness (QED) is 0.774. The van der Waals surface area contributed by atoms with Gasteiger partial charge in [-0.1, -0.05) is 19.8 Å². The molecule has 1 aliphatic carbocycles. The van der Waals surface area contributed by atoms with Gasteiger partial charge in [0.05, 0.1) is 11.7 Å². The van der Waals surface area contributed by atoms with Crippen LogP contribution in [-0.2, 0) is 14.6 Å². The third kappa shape index (κ3) is 5.40. The second-order valence-electron chi connectivity index (χ2n) is 6.09. The van der Waals surface area contributed by atoms with Gasteiger partial charge in [-0.25, -0.2) is 8.42 Å². The van der Waals surface area contributed by atoms with Crippen molar-refractivity contribution in [1.82, 2.24) is 4.90 Å². The molecule has 0 bridgehead atoms. The number of hydrogen-bond acceptors (Lipinski definition) is 4. The molecule has 118 valence electrons. The van der Waals surface area contributed by atoms with E-state index in [0.29, 0.717) is 18.9 Å². The zero-order chi connectivity index (χ0) is 15.3. The molecule has 0 spiro atoms. The van der Waals surface area contributed by atoms with Gasteiger partial charge in [-0.05, 0) is 32.2 Å². The van der Waals surface area contributed by atoms with Crippen LogP contribution in [0, 0.1) is 11.8 Å². The molecule has 0 radical (unpaired) electrons. The van der Waals surface area contributed by atoms with Crippen LogP contribution in [0.3, 0.4) is 0 Å². The van der Waals surface area contributed by atoms with E-state index in [2.05, 4.69) is 6.92 Å². The fourth-order valence-electron chi connectivity index (χ4n) is 3.15. The van der Waals surface area contributed by atoms with Crippen LogP contribution in [0.2, 0.25) is 0 Å². The Hall–Kier alpha value is -0.620. The van der Waals surface area contributed by atoms with E-state index in [9.17, 15) is 18.3 Å². The van der Waals surface area contributed by atoms with Crippen molar-refractivity contribution in [3.63, 3.8) is 0 Å². The molecule has 0 heterocycles. The lowest BCUT2D eigenvalue weighted by molar-refractivity contribution is -0.146. The number of aliphatic carboxylic acids is 1. The van der Waals surface area contributed by atoms with E-state index < -0.39 is 15.8 Å². The molecule has 5 nitrogen and oxygen atoms in total. The molecule has 1 aliphatic rings. The Morgan fingerprint density at radius 1 is 1.35 bits per heavy atom. The molecule has 0 aromatic heterocycles. The molecule has 0 aromatic rings. The first-order valence-electron chi connectivity index (χ1n) is 7.35. The fraction of sp³-hybridized carbons (Fsp3) is 0.929. The first-order chi connectivity index (χ1) is 9.24. The Labute approximate surface area is 122 Å². The highest BCUT2D eigenvalue weighted by Crippen LogP contribution is 2.34. The van der Waals surface area contributed by atoms with Crippen molar-refractivity contribution in [3.8, 4) is 0 Å². The minimum Gasteiger partial charge on any atom is -0.481 e. The molecular weight excluding hydrogens is 278 g/mol. The van der Waals surface area contributed by atoms with E-state index in [0.717, 1.165) is 25.7 Å². The SMILES string of the molecule is CCCC1CCC(C(=O)O)C(N(C)CCS(C)(=O)=O)C1. The van der Waals surface area contributed by atoms with Crippen LogP contribution >= 0.6 is 0 Å². The molecule has 6 heteroatoms. The van der Waals surface area contributed by atoms with Crippen LogP contribution in [0.15, 0.2) is 0 Å². The summed E-state index contributed by atoms with van der Waals surface area (Å²) in [7, 11) is -1.16. The van der Waals surface area contributed by atoms with Gasteiger partial charge in [-0.3, -0.25) is 4.79 Å². The summed E-state index contributed by atoms with van der Waals surface area (Å²) in [5, 5.41) is 9.36. The number of hydrogen-bond donors (Lipinski definition) is 1. The zero-order valence-electron chi connectivity index (χ0n) is 12.7. The lowest BCUT2D eigenvalue weighted by atomic mass is 9.76. The lowest BCUT2D eigenvalue weighted by Crippen LogP contribution is -2.46. The number of nitrogens with zero attached hydrogens (tertiary/aromatic N) is 1. The largest absolute Gasteiger partial charge is 0.481 e. The maximum Gasteiger partial charge on any atom is 0.308 e. The highest BCUT2D eigenvalue weighted by atomic mass is 32.2. The Morgan fingerprint density at radius 3 is 2.50 bits per heavy atom. The topological polar surface area (TPSA) is 74.7 Å². The van der Waals surface area contributed by atoms with Gasteiger partial charge < -0.3 is 10.0 Å². The van der Waals surface area contributed by atoms with Crippen molar-refractivity contribution in [3.05, 3.63) is 0 Å². The van der Waals surface area contributed by atoms with Gasteiger partial charge in [0.25, 0.3) is 0 Å². The Kier molecular flexibility index (Phi) is 6.45. The van der Waals surface area contributed by atoms with E-state index in [1.165, 1.54) is 6.26 Å². The van der Waals surface area contributed by atoms with E-state index >= 15 is 0 Å². The van der Waals surface area contributed by atoms with E-state index in [4.69, 9.17) is 0 Å². The average molecular weight is 305 g/mol. The second kappa shape index (κ2) is 7.41. The van der Waals surface area contributed by atoms with E-state index in [-0.39, 0.29) is 17.7 Å². The number of carboxylic acid groups (broad SMARTS) is 1. The number of sulfone groups is 1. The predicted molar refractivity (Wildman–Crippen MR) is 79.5 cm³/mol. The van der Waals surface area contributed by atoms with Gasteiger partial charge in [0.1, 0.15) is 9.84 Å². The van der Waals surface area contributed by atoms with E-state index in [1.807, 2.05) is 11.9 Å². The molecule has 0 aliphatic heterocycles. The normalized spacial score (nSPS) is 27.7. The maximum absolute atomic E-state index is 11.4. The van der Waals surface area contributed by atoms with Crippen LogP contribution in [0.1, 0.15) is 39.0 Å². The summed E-state index contributed by atoms with van der Waals surface area (Å²) in [6, 6.07) is -0.0421. The third-order valence-corrected chi connectivity index (χ3v) is 5.24. The summed E-state index contributed by atoms with van der Waals surface area (Å²) >= 11 is 0. The van der Waals surface area contributed by atoms with Crippen molar-refractivity contribution in [1.29, 1.82) is 0 Å². The summed E-state index contributed by atoms with van der Waals surface area (Å²) in [4.78, 5) is 13.3. The summed E-state index contributed by atoms with van der Waals surface area (Å²) in [5.41, 5.74) is 0. The average Bonchev–Trinajstić information content (AvgIpc) is 2.35. The summed E-state index contributed by atoms with van der Waals surface area (Å²) in [5.74, 6) is -0.463. The monoisotopic (exact) mass is 305 g/mol. The maximum atomic E-state index is 11.4. The molecule has 0 saturated heterocycles. The van der Waals surface area contributed by atoms with Gasteiger partial charge in [0.15, 0.2) is 0 Å². The molecule has 0 amide bonds. The molecule has 3 atom stereocenters. The molecule has 1 fully saturated rings. The number of rotatable bonds is 7. The first-order valence-corrected chi connectivity index (χ1v) is 9.41. The highest BCUT2D eigenvalue weighted by Gasteiger charge is 2.36. The van der Waals surface area contributed by atoms with Crippen molar-refractivity contribution in [2.75, 3.05) is 25.6 Å². The second-order valence-corrected chi connectivity index (χ2v) is 8.35. The van der Waals surface area contributed by atoms with Crippen molar-refractivity contribution < 1.29 is 18.3 Å². The van der Waals surface area contributed by atoms with Crippen LogP contribution in [-0.4, -0.2) is 56.0 Å². The minimum absolute atomic E-state index is 0.0421. The summed E-state index contributed by atoms with van der Waals surface area (Å²) < 4.78 is 22.5. The smallest absolute Gasteiger partial charge is 0.308 e. The highest BCUT2D eigenvalue weighted by molar-refractivity contribution is 7.90. The molecule has 3 unspecified atom stereocenters. The summed E-state index contributed by atoms with van der Waals surface area (Å²) in [6.07, 6.45) is 6.00. The summed E-state index contributed by atoms with van der Waals surface area (Å²) in [6.45, 7) is 2.55. The molecule has 1 saturated carbocycles. The van der Waals surface area contributed by atoms with Crippen LogP contribution in [0.5, 0.6) is 0 Å². The van der Waals surface area contributed by atoms with Gasteiger partial charge in [-0.15, -0.1) is 0 Å². The van der Waals surface area contributed by atoms with Gasteiger partial charge in [0.2, 0.25) is 0 Å². The zero-order valence-corrected chi connectivity index (χ0v) is 13.5. The number of carboxylic acids is 1. The molecule has 0 aromatic carbocycles. The molecule has 1 N–H and O–H groups in total. The van der Waals surface area contributed by atoms with Gasteiger partial charge in [-0.2, -0.15) is 0 Å². The van der Waals surface area contributed by atoms with Crippen molar-refractivity contribution in [2.45, 2.75) is 45.1 Å². The van der Waals surface area contributed by atoms with Crippen molar-refractivity contribution >= 4 is 15.8 Å². The van der Waals surface area contributed by atoms with Crippen LogP contribution in [0.25, 0.3) is 0 Å².